The lowest BCUT2D eigenvalue weighted by Crippen LogP contribution is -2.48. The summed E-state index contributed by atoms with van der Waals surface area (Å²) >= 11 is 0. The molecule has 0 aromatic heterocycles. The van der Waals surface area contributed by atoms with Crippen molar-refractivity contribution in [3.8, 4) is 0 Å². The van der Waals surface area contributed by atoms with Crippen LogP contribution in [-0.2, 0) is 4.79 Å². The van der Waals surface area contributed by atoms with Crippen LogP contribution < -0.4 is 16.0 Å². The molecule has 3 N–H and O–H groups in total. The van der Waals surface area contributed by atoms with E-state index in [1.54, 1.807) is 7.05 Å². The Morgan fingerprint density at radius 1 is 1.04 bits per heavy atom. The molecule has 0 aromatic carbocycles. The van der Waals surface area contributed by atoms with E-state index in [0.29, 0.717) is 5.96 Å². The van der Waals surface area contributed by atoms with Crippen molar-refractivity contribution < 1.29 is 4.79 Å². The molecule has 0 saturated heterocycles. The van der Waals surface area contributed by atoms with Gasteiger partial charge in [0.15, 0.2) is 5.96 Å². The van der Waals surface area contributed by atoms with E-state index in [9.17, 15) is 4.79 Å². The molecule has 0 atom stereocenters. The highest BCUT2D eigenvalue weighted by Crippen LogP contribution is 2.21. The number of amides is 1. The van der Waals surface area contributed by atoms with Gasteiger partial charge in [-0.3, -0.25) is 9.79 Å². The number of carbonyl (C=O) groups is 1. The summed E-state index contributed by atoms with van der Waals surface area (Å²) in [5.74, 6) is 1.43. The molecule has 23 heavy (non-hydrogen) atoms. The molecule has 0 heterocycles. The Morgan fingerprint density at radius 2 is 1.61 bits per heavy atom. The van der Waals surface area contributed by atoms with Crippen molar-refractivity contribution in [2.45, 2.75) is 71.3 Å². The minimum Gasteiger partial charge on any atom is -0.356 e. The van der Waals surface area contributed by atoms with Gasteiger partial charge in [-0.25, -0.2) is 0 Å². The fourth-order valence-electron chi connectivity index (χ4n) is 2.83. The third-order valence-electron chi connectivity index (χ3n) is 3.94. The van der Waals surface area contributed by atoms with Crippen molar-refractivity contribution in [3.05, 3.63) is 0 Å². The van der Waals surface area contributed by atoms with Gasteiger partial charge < -0.3 is 16.0 Å². The van der Waals surface area contributed by atoms with Gasteiger partial charge in [-0.1, -0.05) is 32.1 Å². The number of nitrogens with zero attached hydrogens (tertiary/aromatic N) is 1. The summed E-state index contributed by atoms with van der Waals surface area (Å²) < 4.78 is 0. The van der Waals surface area contributed by atoms with Crippen LogP contribution in [0.25, 0.3) is 0 Å². The fraction of sp³-hybridized carbons (Fsp3) is 0.882. The van der Waals surface area contributed by atoms with E-state index < -0.39 is 0 Å². The first-order valence-corrected chi connectivity index (χ1v) is 8.66. The molecular formula is C17H35IN4O. The third kappa shape index (κ3) is 11.6. The Hall–Kier alpha value is -0.530. The Labute approximate surface area is 158 Å². The van der Waals surface area contributed by atoms with Gasteiger partial charge in [-0.2, -0.15) is 0 Å². The molecule has 1 fully saturated rings. The molecule has 1 rings (SSSR count). The van der Waals surface area contributed by atoms with Crippen LogP contribution in [0.1, 0.15) is 65.7 Å². The minimum absolute atomic E-state index is 0. The van der Waals surface area contributed by atoms with Crippen LogP contribution in [0.4, 0.5) is 0 Å². The molecule has 0 bridgehead atoms. The lowest BCUT2D eigenvalue weighted by Gasteiger charge is -2.22. The van der Waals surface area contributed by atoms with Gasteiger partial charge >= 0.3 is 0 Å². The zero-order valence-electron chi connectivity index (χ0n) is 15.2. The van der Waals surface area contributed by atoms with Gasteiger partial charge in [0.25, 0.3) is 0 Å². The Morgan fingerprint density at radius 3 is 2.13 bits per heavy atom. The molecule has 0 unspecified atom stereocenters. The van der Waals surface area contributed by atoms with E-state index >= 15 is 0 Å². The summed E-state index contributed by atoms with van der Waals surface area (Å²) in [6.07, 6.45) is 9.42. The summed E-state index contributed by atoms with van der Waals surface area (Å²) in [5, 5.41) is 9.39. The molecule has 5 nitrogen and oxygen atoms in total. The Bertz CT molecular complexity index is 358. The van der Waals surface area contributed by atoms with Gasteiger partial charge in [0.1, 0.15) is 0 Å². The minimum atomic E-state index is -0.200. The van der Waals surface area contributed by atoms with Crippen LogP contribution in [0.3, 0.4) is 0 Å². The van der Waals surface area contributed by atoms with E-state index in [1.807, 2.05) is 20.8 Å². The third-order valence-corrected chi connectivity index (χ3v) is 3.94. The molecule has 1 saturated carbocycles. The predicted octanol–water partition coefficient (Wildman–Crippen LogP) is 3.04. The summed E-state index contributed by atoms with van der Waals surface area (Å²) in [7, 11) is 1.75. The predicted molar refractivity (Wildman–Crippen MR) is 108 cm³/mol. The molecule has 0 aromatic rings. The van der Waals surface area contributed by atoms with Crippen molar-refractivity contribution in [1.82, 2.24) is 16.0 Å². The summed E-state index contributed by atoms with van der Waals surface area (Å²) in [6, 6.07) is 0. The highest BCUT2D eigenvalue weighted by atomic mass is 127. The maximum Gasteiger partial charge on any atom is 0.239 e. The van der Waals surface area contributed by atoms with Crippen molar-refractivity contribution in [2.75, 3.05) is 20.1 Å². The second kappa shape index (κ2) is 11.9. The summed E-state index contributed by atoms with van der Waals surface area (Å²) in [4.78, 5) is 16.0. The SMILES string of the molecule is CN=C(NCC(=O)NC(C)(C)C)NCC1CCCCCCC1.I. The molecule has 136 valence electrons. The molecule has 1 aliphatic carbocycles. The number of aliphatic imine (C=N–C) groups is 1. The van der Waals surface area contributed by atoms with E-state index in [4.69, 9.17) is 0 Å². The molecule has 6 heteroatoms. The van der Waals surface area contributed by atoms with Gasteiger partial charge in [0, 0.05) is 19.1 Å². The zero-order valence-corrected chi connectivity index (χ0v) is 17.5. The highest BCUT2D eigenvalue weighted by molar-refractivity contribution is 14.0. The van der Waals surface area contributed by atoms with Gasteiger partial charge in [0.05, 0.1) is 6.54 Å². The van der Waals surface area contributed by atoms with Crippen molar-refractivity contribution in [3.63, 3.8) is 0 Å². The average molecular weight is 438 g/mol. The second-order valence-corrected chi connectivity index (χ2v) is 7.32. The zero-order chi connectivity index (χ0) is 16.4. The average Bonchev–Trinajstić information content (AvgIpc) is 2.38. The Balaban J connectivity index is 0.00000484. The van der Waals surface area contributed by atoms with E-state index in [1.165, 1.54) is 44.9 Å². The monoisotopic (exact) mass is 438 g/mol. The van der Waals surface area contributed by atoms with Gasteiger partial charge in [-0.15, -0.1) is 24.0 Å². The number of halogens is 1. The Kier molecular flexibility index (Phi) is 11.6. The first-order chi connectivity index (χ1) is 10.4. The molecule has 0 spiro atoms. The smallest absolute Gasteiger partial charge is 0.239 e. The van der Waals surface area contributed by atoms with Crippen LogP contribution in [-0.4, -0.2) is 37.5 Å². The van der Waals surface area contributed by atoms with Crippen LogP contribution in [0.5, 0.6) is 0 Å². The molecule has 1 amide bonds. The number of guanidine groups is 1. The normalized spacial score (nSPS) is 17.5. The lowest BCUT2D eigenvalue weighted by molar-refractivity contribution is -0.121. The first kappa shape index (κ1) is 22.5. The van der Waals surface area contributed by atoms with Crippen molar-refractivity contribution in [2.24, 2.45) is 10.9 Å². The van der Waals surface area contributed by atoms with Gasteiger partial charge in [-0.05, 0) is 39.5 Å². The fourth-order valence-corrected chi connectivity index (χ4v) is 2.83. The maximum absolute atomic E-state index is 11.8. The molecule has 0 aliphatic heterocycles. The van der Waals surface area contributed by atoms with Crippen molar-refractivity contribution in [1.29, 1.82) is 0 Å². The topological polar surface area (TPSA) is 65.5 Å². The van der Waals surface area contributed by atoms with E-state index in [2.05, 4.69) is 20.9 Å². The lowest BCUT2D eigenvalue weighted by atomic mass is 9.91. The summed E-state index contributed by atoms with van der Waals surface area (Å²) in [5.41, 5.74) is -0.200. The van der Waals surface area contributed by atoms with Crippen molar-refractivity contribution >= 4 is 35.8 Å². The maximum atomic E-state index is 11.8. The quantitative estimate of drug-likeness (QED) is 0.359. The number of hydrogen-bond acceptors (Lipinski definition) is 2. The second-order valence-electron chi connectivity index (χ2n) is 7.32. The van der Waals surface area contributed by atoms with E-state index in [-0.39, 0.29) is 42.0 Å². The number of rotatable bonds is 4. The standard InChI is InChI=1S/C17H34N4O.HI/c1-17(2,3)21-15(22)13-20-16(18-4)19-12-14-10-8-6-5-7-9-11-14;/h14H,5-13H2,1-4H3,(H,21,22)(H2,18,19,20);1H. The van der Waals surface area contributed by atoms with Gasteiger partial charge in [0.2, 0.25) is 5.91 Å². The van der Waals surface area contributed by atoms with Crippen LogP contribution in [0.15, 0.2) is 4.99 Å². The largest absolute Gasteiger partial charge is 0.356 e. The number of hydrogen-bond donors (Lipinski definition) is 3. The molecule has 1 aliphatic rings. The first-order valence-electron chi connectivity index (χ1n) is 8.66. The van der Waals surface area contributed by atoms with Crippen LogP contribution in [0.2, 0.25) is 0 Å². The van der Waals surface area contributed by atoms with Crippen LogP contribution >= 0.6 is 24.0 Å². The number of carbonyl (C=O) groups excluding carboxylic acids is 1. The number of nitrogens with one attached hydrogen (secondary N) is 3. The molecular weight excluding hydrogens is 403 g/mol. The highest BCUT2D eigenvalue weighted by Gasteiger charge is 2.15. The van der Waals surface area contributed by atoms with E-state index in [0.717, 1.165) is 12.5 Å². The molecule has 0 radical (unpaired) electrons. The van der Waals surface area contributed by atoms with Crippen LogP contribution in [0, 0.1) is 5.92 Å². The summed E-state index contributed by atoms with van der Waals surface area (Å²) in [6.45, 7) is 7.13.